The predicted octanol–water partition coefficient (Wildman–Crippen LogP) is 0.690. The summed E-state index contributed by atoms with van der Waals surface area (Å²) in [5.41, 5.74) is 0.277. The molecule has 1 saturated heterocycles. The van der Waals surface area contributed by atoms with E-state index in [1.54, 1.807) is 6.07 Å². The van der Waals surface area contributed by atoms with E-state index in [1.165, 1.54) is 18.2 Å². The molecule has 1 aliphatic heterocycles. The molecular formula is C14H17FN2O3. The van der Waals surface area contributed by atoms with Crippen LogP contribution in [0.25, 0.3) is 0 Å². The Morgan fingerprint density at radius 2 is 2.20 bits per heavy atom. The third-order valence-corrected chi connectivity index (χ3v) is 3.37. The van der Waals surface area contributed by atoms with Gasteiger partial charge in [0.05, 0.1) is 6.04 Å². The van der Waals surface area contributed by atoms with Gasteiger partial charge in [0, 0.05) is 6.42 Å². The Labute approximate surface area is 116 Å². The van der Waals surface area contributed by atoms with Crippen molar-refractivity contribution in [2.24, 2.45) is 0 Å². The number of carboxylic acids is 1. The van der Waals surface area contributed by atoms with E-state index in [9.17, 15) is 14.0 Å². The first-order chi connectivity index (χ1) is 9.58. The van der Waals surface area contributed by atoms with Gasteiger partial charge < -0.3 is 15.7 Å². The molecule has 1 heterocycles. The Morgan fingerprint density at radius 3 is 2.80 bits per heavy atom. The first-order valence-corrected chi connectivity index (χ1v) is 6.58. The van der Waals surface area contributed by atoms with Crippen molar-refractivity contribution in [1.29, 1.82) is 0 Å². The fourth-order valence-electron chi connectivity index (χ4n) is 2.26. The van der Waals surface area contributed by atoms with Crippen LogP contribution in [0.4, 0.5) is 4.39 Å². The fourth-order valence-corrected chi connectivity index (χ4v) is 2.26. The van der Waals surface area contributed by atoms with Gasteiger partial charge in [-0.3, -0.25) is 4.79 Å². The quantitative estimate of drug-likeness (QED) is 0.741. The maximum atomic E-state index is 13.5. The van der Waals surface area contributed by atoms with E-state index in [0.29, 0.717) is 6.42 Å². The Balaban J connectivity index is 2.02. The van der Waals surface area contributed by atoms with Crippen molar-refractivity contribution in [3.63, 3.8) is 0 Å². The lowest BCUT2D eigenvalue weighted by molar-refractivity contribution is -0.142. The van der Waals surface area contributed by atoms with Crippen LogP contribution < -0.4 is 10.6 Å². The van der Waals surface area contributed by atoms with Gasteiger partial charge in [-0.15, -0.1) is 0 Å². The lowest BCUT2D eigenvalue weighted by Gasteiger charge is -2.17. The Bertz CT molecular complexity index is 501. The minimum atomic E-state index is -1.17. The highest BCUT2D eigenvalue weighted by molar-refractivity contribution is 5.87. The molecule has 1 fully saturated rings. The summed E-state index contributed by atoms with van der Waals surface area (Å²) in [6, 6.07) is 4.49. The number of carbonyl (C=O) groups excluding carboxylic acids is 1. The van der Waals surface area contributed by atoms with Gasteiger partial charge in [-0.1, -0.05) is 18.2 Å². The molecule has 2 atom stereocenters. The van der Waals surface area contributed by atoms with Crippen LogP contribution in [0.2, 0.25) is 0 Å². The summed E-state index contributed by atoms with van der Waals surface area (Å²) < 4.78 is 13.5. The summed E-state index contributed by atoms with van der Waals surface area (Å²) in [4.78, 5) is 23.1. The monoisotopic (exact) mass is 280 g/mol. The molecule has 0 aliphatic carbocycles. The Morgan fingerprint density at radius 1 is 1.45 bits per heavy atom. The molecule has 2 rings (SSSR count). The molecular weight excluding hydrogens is 263 g/mol. The van der Waals surface area contributed by atoms with Crippen molar-refractivity contribution in [3.05, 3.63) is 35.6 Å². The zero-order valence-corrected chi connectivity index (χ0v) is 10.9. The molecule has 108 valence electrons. The van der Waals surface area contributed by atoms with Crippen LogP contribution in [-0.2, 0) is 16.0 Å². The minimum absolute atomic E-state index is 0.0690. The first-order valence-electron chi connectivity index (χ1n) is 6.58. The van der Waals surface area contributed by atoms with Gasteiger partial charge in [0.25, 0.3) is 0 Å². The van der Waals surface area contributed by atoms with Crippen molar-refractivity contribution >= 4 is 11.9 Å². The van der Waals surface area contributed by atoms with Gasteiger partial charge in [0.1, 0.15) is 11.9 Å². The molecule has 5 nitrogen and oxygen atoms in total. The molecule has 0 bridgehead atoms. The van der Waals surface area contributed by atoms with E-state index in [4.69, 9.17) is 5.11 Å². The van der Waals surface area contributed by atoms with Crippen LogP contribution in [0.3, 0.4) is 0 Å². The Hall–Kier alpha value is -1.95. The predicted molar refractivity (Wildman–Crippen MR) is 70.7 cm³/mol. The number of carboxylic acid groups (broad SMARTS) is 1. The third-order valence-electron chi connectivity index (χ3n) is 3.37. The summed E-state index contributed by atoms with van der Waals surface area (Å²) in [6.07, 6.45) is 1.52. The molecule has 1 amide bonds. The second-order valence-electron chi connectivity index (χ2n) is 4.84. The zero-order chi connectivity index (χ0) is 14.5. The van der Waals surface area contributed by atoms with E-state index in [0.717, 1.165) is 13.0 Å². The number of hydrogen-bond acceptors (Lipinski definition) is 3. The molecule has 1 aromatic rings. The van der Waals surface area contributed by atoms with Crippen LogP contribution >= 0.6 is 0 Å². The highest BCUT2D eigenvalue weighted by Gasteiger charge is 2.27. The van der Waals surface area contributed by atoms with Gasteiger partial charge in [-0.05, 0) is 31.0 Å². The standard InChI is InChI=1S/C14H17FN2O3/c15-10-5-2-1-4-9(10)8-12(14(19)20)17-13(18)11-6-3-7-16-11/h1-2,4-5,11-12,16H,3,6-8H2,(H,17,18)(H,19,20)/t11-,12-/m0/s1. The van der Waals surface area contributed by atoms with Crippen molar-refractivity contribution < 1.29 is 19.1 Å². The van der Waals surface area contributed by atoms with E-state index in [2.05, 4.69) is 10.6 Å². The maximum Gasteiger partial charge on any atom is 0.326 e. The fraction of sp³-hybridized carbons (Fsp3) is 0.429. The van der Waals surface area contributed by atoms with Crippen LogP contribution in [0, 0.1) is 5.82 Å². The van der Waals surface area contributed by atoms with Crippen molar-refractivity contribution in [2.75, 3.05) is 6.54 Å². The molecule has 0 unspecified atom stereocenters. The van der Waals surface area contributed by atoms with E-state index in [1.807, 2.05) is 0 Å². The van der Waals surface area contributed by atoms with Crippen LogP contribution in [-0.4, -0.2) is 35.6 Å². The van der Waals surface area contributed by atoms with Crippen molar-refractivity contribution in [1.82, 2.24) is 10.6 Å². The second-order valence-corrected chi connectivity index (χ2v) is 4.84. The van der Waals surface area contributed by atoms with E-state index < -0.39 is 17.8 Å². The maximum absolute atomic E-state index is 13.5. The molecule has 1 aliphatic rings. The summed E-state index contributed by atoms with van der Waals surface area (Å²) in [7, 11) is 0. The Kier molecular flexibility index (Phi) is 4.68. The topological polar surface area (TPSA) is 78.4 Å². The molecule has 3 N–H and O–H groups in total. The molecule has 0 spiro atoms. The van der Waals surface area contributed by atoms with Crippen molar-refractivity contribution in [3.8, 4) is 0 Å². The van der Waals surface area contributed by atoms with Crippen LogP contribution in [0.1, 0.15) is 18.4 Å². The van der Waals surface area contributed by atoms with E-state index in [-0.39, 0.29) is 23.9 Å². The summed E-state index contributed by atoms with van der Waals surface area (Å²) in [6.45, 7) is 0.753. The molecule has 0 aromatic heterocycles. The SMILES string of the molecule is O=C(O)[C@H](Cc1ccccc1F)NC(=O)[C@@H]1CCCN1. The lowest BCUT2D eigenvalue weighted by Crippen LogP contribution is -2.49. The van der Waals surface area contributed by atoms with Crippen LogP contribution in [0.15, 0.2) is 24.3 Å². The number of amides is 1. The van der Waals surface area contributed by atoms with Crippen molar-refractivity contribution in [2.45, 2.75) is 31.3 Å². The number of halogens is 1. The highest BCUT2D eigenvalue weighted by atomic mass is 19.1. The van der Waals surface area contributed by atoms with Gasteiger partial charge in [0.2, 0.25) is 5.91 Å². The van der Waals surface area contributed by atoms with Gasteiger partial charge >= 0.3 is 5.97 Å². The van der Waals surface area contributed by atoms with E-state index >= 15 is 0 Å². The number of rotatable bonds is 5. The smallest absolute Gasteiger partial charge is 0.326 e. The summed E-state index contributed by atoms with van der Waals surface area (Å²) in [5.74, 6) is -1.97. The third kappa shape index (κ3) is 3.54. The number of hydrogen-bond donors (Lipinski definition) is 3. The average molecular weight is 280 g/mol. The minimum Gasteiger partial charge on any atom is -0.480 e. The van der Waals surface area contributed by atoms with Gasteiger partial charge in [-0.2, -0.15) is 0 Å². The molecule has 20 heavy (non-hydrogen) atoms. The number of benzene rings is 1. The second kappa shape index (κ2) is 6.47. The molecule has 0 radical (unpaired) electrons. The number of carbonyl (C=O) groups is 2. The molecule has 6 heteroatoms. The van der Waals surface area contributed by atoms with Crippen LogP contribution in [0.5, 0.6) is 0 Å². The molecule has 1 aromatic carbocycles. The lowest BCUT2D eigenvalue weighted by atomic mass is 10.0. The highest BCUT2D eigenvalue weighted by Crippen LogP contribution is 2.10. The number of nitrogens with one attached hydrogen (secondary N) is 2. The first kappa shape index (κ1) is 14.5. The number of aliphatic carboxylic acids is 1. The largest absolute Gasteiger partial charge is 0.480 e. The van der Waals surface area contributed by atoms with Gasteiger partial charge in [-0.25, -0.2) is 9.18 Å². The molecule has 0 saturated carbocycles. The normalized spacial score (nSPS) is 19.6. The summed E-state index contributed by atoms with van der Waals surface area (Å²) >= 11 is 0. The summed E-state index contributed by atoms with van der Waals surface area (Å²) in [5, 5.41) is 14.6. The zero-order valence-electron chi connectivity index (χ0n) is 10.9. The average Bonchev–Trinajstić information content (AvgIpc) is 2.94. The van der Waals surface area contributed by atoms with Gasteiger partial charge in [0.15, 0.2) is 0 Å².